The molecule has 0 aromatic heterocycles. The van der Waals surface area contributed by atoms with Gasteiger partial charge in [-0.15, -0.1) is 6.58 Å². The smallest absolute Gasteiger partial charge is 0.170 e. The van der Waals surface area contributed by atoms with Crippen molar-refractivity contribution in [2.45, 2.75) is 51.9 Å². The van der Waals surface area contributed by atoms with Gasteiger partial charge in [0.2, 0.25) is 0 Å². The first-order valence-corrected chi connectivity index (χ1v) is 15.9. The van der Waals surface area contributed by atoms with Crippen LogP contribution < -0.4 is 0 Å². The second-order valence-electron chi connectivity index (χ2n) is 6.10. The van der Waals surface area contributed by atoms with Gasteiger partial charge in [-0.05, 0) is 38.8 Å². The van der Waals surface area contributed by atoms with E-state index in [9.17, 15) is 0 Å². The topological polar surface area (TPSA) is 9.23 Å². The molecule has 1 nitrogen and oxygen atoms in total. The molecule has 0 amide bonds. The Labute approximate surface area is 92.6 Å². The molecule has 0 saturated heterocycles. The Hall–Kier alpha value is 0.351. The fourth-order valence-electron chi connectivity index (χ4n) is 1.51. The summed E-state index contributed by atoms with van der Waals surface area (Å²) >= 11 is 0. The van der Waals surface area contributed by atoms with Crippen LogP contribution in [0.4, 0.5) is 0 Å². The number of hydrogen-bond acceptors (Lipinski definition) is 1. The highest BCUT2D eigenvalue weighted by Crippen LogP contribution is 2.27. The van der Waals surface area contributed by atoms with Gasteiger partial charge in [0, 0.05) is 0 Å². The van der Waals surface area contributed by atoms with E-state index in [-0.39, 0.29) is 0 Å². The summed E-state index contributed by atoms with van der Waals surface area (Å²) in [7, 11) is -4.03. The van der Waals surface area contributed by atoms with Gasteiger partial charge in [-0.2, -0.15) is 0 Å². The maximum atomic E-state index is 6.43. The van der Waals surface area contributed by atoms with Crippen LogP contribution in [0, 0.1) is 0 Å². The van der Waals surface area contributed by atoms with Crippen molar-refractivity contribution in [1.29, 1.82) is 0 Å². The van der Waals surface area contributed by atoms with E-state index in [4.69, 9.17) is 4.12 Å². The maximum absolute atomic E-state index is 6.43. The molecule has 0 unspecified atom stereocenters. The minimum absolute atomic E-state index is 1.19. The van der Waals surface area contributed by atoms with E-state index >= 15 is 0 Å². The molecule has 0 saturated carbocycles. The van der Waals surface area contributed by atoms with Crippen LogP contribution in [-0.4, -0.2) is 23.7 Å². The van der Waals surface area contributed by atoms with Crippen molar-refractivity contribution in [3.8, 4) is 0 Å². The number of allylic oxidation sites excluding steroid dienone is 1. The SMILES string of the molecule is C=CC[Si](C)(C)[Si](C)(C)O[Si](C)(C)C. The Morgan fingerprint density at radius 1 is 1.00 bits per heavy atom. The van der Waals surface area contributed by atoms with Gasteiger partial charge < -0.3 is 4.12 Å². The molecule has 0 spiro atoms. The van der Waals surface area contributed by atoms with Gasteiger partial charge in [-0.3, -0.25) is 0 Å². The summed E-state index contributed by atoms with van der Waals surface area (Å²) in [5.74, 6) is 0. The van der Waals surface area contributed by atoms with Crippen LogP contribution in [0.3, 0.4) is 0 Å². The molecule has 0 bridgehead atoms. The highest BCUT2D eigenvalue weighted by molar-refractivity contribution is 7.39. The molecule has 0 fully saturated rings. The van der Waals surface area contributed by atoms with Gasteiger partial charge in [0.25, 0.3) is 0 Å². The van der Waals surface area contributed by atoms with Crippen LogP contribution in [-0.2, 0) is 4.12 Å². The zero-order chi connectivity index (χ0) is 11.6. The molecule has 0 heterocycles. The Balaban J connectivity index is 4.67. The second-order valence-corrected chi connectivity index (χ2v) is 26.0. The van der Waals surface area contributed by atoms with E-state index in [0.717, 1.165) is 0 Å². The first kappa shape index (κ1) is 14.4. The lowest BCUT2D eigenvalue weighted by Gasteiger charge is -2.41. The fourth-order valence-corrected chi connectivity index (χ4v) is 17.1. The predicted octanol–water partition coefficient (Wildman–Crippen LogP) is 4.02. The minimum Gasteiger partial charge on any atom is -0.458 e. The quantitative estimate of drug-likeness (QED) is 0.526. The fraction of sp³-hybridized carbons (Fsp3) is 0.800. The summed E-state index contributed by atoms with van der Waals surface area (Å²) in [6, 6.07) is 1.19. The molecule has 4 heteroatoms. The van der Waals surface area contributed by atoms with Gasteiger partial charge in [-0.1, -0.05) is 19.2 Å². The monoisotopic (exact) mass is 246 g/mol. The van der Waals surface area contributed by atoms with Crippen molar-refractivity contribution in [3.05, 3.63) is 12.7 Å². The van der Waals surface area contributed by atoms with E-state index in [2.05, 4.69) is 58.5 Å². The molecular weight excluding hydrogens is 220 g/mol. The molecule has 0 aromatic rings. The van der Waals surface area contributed by atoms with Crippen LogP contribution in [0.1, 0.15) is 0 Å². The number of hydrogen-bond donors (Lipinski definition) is 0. The third-order valence-corrected chi connectivity index (χ3v) is 23.2. The summed E-state index contributed by atoms with van der Waals surface area (Å²) < 4.78 is 6.43. The first-order valence-electron chi connectivity index (χ1n) is 5.33. The lowest BCUT2D eigenvalue weighted by molar-refractivity contribution is 0.569. The van der Waals surface area contributed by atoms with E-state index in [1.165, 1.54) is 6.04 Å². The Morgan fingerprint density at radius 3 is 1.71 bits per heavy atom. The normalized spacial score (nSPS) is 14.2. The third-order valence-electron chi connectivity index (χ3n) is 2.85. The summed E-state index contributed by atoms with van der Waals surface area (Å²) in [5.41, 5.74) is 0. The first-order chi connectivity index (χ1) is 6.02. The average molecular weight is 247 g/mol. The zero-order valence-electron chi connectivity index (χ0n) is 10.9. The van der Waals surface area contributed by atoms with Crippen molar-refractivity contribution < 1.29 is 4.12 Å². The standard InChI is InChI=1S/C10H26OSi3/c1-9-10-13(5,6)14(7,8)11-12(2,3)4/h9H,1,10H2,2-8H3. The van der Waals surface area contributed by atoms with Gasteiger partial charge in [-0.25, -0.2) is 0 Å². The average Bonchev–Trinajstić information content (AvgIpc) is 1.79. The van der Waals surface area contributed by atoms with Gasteiger partial charge >= 0.3 is 0 Å². The van der Waals surface area contributed by atoms with E-state index in [1.54, 1.807) is 0 Å². The highest BCUT2D eigenvalue weighted by Gasteiger charge is 2.43. The van der Waals surface area contributed by atoms with E-state index in [0.29, 0.717) is 0 Å². The minimum atomic E-state index is -1.46. The molecule has 0 atom stereocenters. The summed E-state index contributed by atoms with van der Waals surface area (Å²) in [6.07, 6.45) is 2.08. The molecule has 84 valence electrons. The van der Waals surface area contributed by atoms with Crippen LogP contribution in [0.5, 0.6) is 0 Å². The van der Waals surface area contributed by atoms with Crippen LogP contribution in [0.15, 0.2) is 12.7 Å². The molecule has 0 aliphatic rings. The molecule has 0 aliphatic carbocycles. The van der Waals surface area contributed by atoms with Crippen LogP contribution in [0.25, 0.3) is 0 Å². The largest absolute Gasteiger partial charge is 0.458 e. The van der Waals surface area contributed by atoms with Crippen molar-refractivity contribution in [2.75, 3.05) is 0 Å². The zero-order valence-corrected chi connectivity index (χ0v) is 13.9. The van der Waals surface area contributed by atoms with Crippen molar-refractivity contribution in [2.24, 2.45) is 0 Å². The molecule has 14 heavy (non-hydrogen) atoms. The lowest BCUT2D eigenvalue weighted by Crippen LogP contribution is -2.60. The number of rotatable bonds is 5. The molecule has 0 aliphatic heterocycles. The Morgan fingerprint density at radius 2 is 1.43 bits per heavy atom. The van der Waals surface area contributed by atoms with Crippen molar-refractivity contribution in [3.63, 3.8) is 0 Å². The van der Waals surface area contributed by atoms with Crippen LogP contribution >= 0.6 is 0 Å². The predicted molar refractivity (Wildman–Crippen MR) is 74.4 cm³/mol. The van der Waals surface area contributed by atoms with Crippen molar-refractivity contribution in [1.82, 2.24) is 0 Å². The van der Waals surface area contributed by atoms with Crippen molar-refractivity contribution >= 4 is 23.7 Å². The third kappa shape index (κ3) is 4.25. The molecule has 0 N–H and O–H groups in total. The Bertz CT molecular complexity index is 204. The second kappa shape index (κ2) is 4.47. The van der Waals surface area contributed by atoms with Gasteiger partial charge in [0.15, 0.2) is 16.2 Å². The van der Waals surface area contributed by atoms with E-state index in [1.807, 2.05) is 0 Å². The molecular formula is C10H26OSi3. The van der Waals surface area contributed by atoms with Crippen LogP contribution in [0.2, 0.25) is 51.9 Å². The van der Waals surface area contributed by atoms with E-state index < -0.39 is 23.7 Å². The summed E-state index contributed by atoms with van der Waals surface area (Å²) in [5, 5.41) is 0. The van der Waals surface area contributed by atoms with Gasteiger partial charge in [0.1, 0.15) is 0 Å². The summed E-state index contributed by atoms with van der Waals surface area (Å²) in [6.45, 7) is 20.4. The molecule has 0 radical (unpaired) electrons. The maximum Gasteiger partial charge on any atom is 0.170 e. The molecule has 0 rings (SSSR count). The summed E-state index contributed by atoms with van der Waals surface area (Å²) in [4.78, 5) is 0. The highest BCUT2D eigenvalue weighted by atomic mass is 29.3. The molecule has 0 aromatic carbocycles. The Kier molecular flexibility index (Phi) is 4.58. The van der Waals surface area contributed by atoms with Gasteiger partial charge in [0.05, 0.1) is 7.59 Å². The lowest BCUT2D eigenvalue weighted by atomic mass is 10.8.